The van der Waals surface area contributed by atoms with Gasteiger partial charge in [-0.25, -0.2) is 4.98 Å². The molecule has 2 nitrogen and oxygen atoms in total. The molecule has 0 aliphatic heterocycles. The van der Waals surface area contributed by atoms with Gasteiger partial charge in [0.2, 0.25) is 0 Å². The smallest absolute Gasteiger partial charge is 0.183 e. The highest BCUT2D eigenvalue weighted by Gasteiger charge is 2.23. The van der Waals surface area contributed by atoms with Gasteiger partial charge in [-0.2, -0.15) is 0 Å². The summed E-state index contributed by atoms with van der Waals surface area (Å²) in [4.78, 5) is 4.67. The number of anilines is 1. The molecule has 0 spiro atoms. The molecular weight excluding hydrogens is 240 g/mol. The van der Waals surface area contributed by atoms with Crippen molar-refractivity contribution in [3.05, 3.63) is 23.8 Å². The van der Waals surface area contributed by atoms with Crippen molar-refractivity contribution in [2.24, 2.45) is 11.8 Å². The number of rotatable bonds is 3. The number of nitrogens with zero attached hydrogens (tertiary/aromatic N) is 1. The zero-order valence-electron chi connectivity index (χ0n) is 11.1. The second-order valence-electron chi connectivity index (χ2n) is 5.54. The summed E-state index contributed by atoms with van der Waals surface area (Å²) in [6, 6.07) is 6.49. The number of aryl methyl sites for hydroxylation is 1. The number of thiazole rings is 1. The van der Waals surface area contributed by atoms with Crippen molar-refractivity contribution in [3.8, 4) is 0 Å². The molecule has 0 bridgehead atoms. The molecule has 18 heavy (non-hydrogen) atoms. The minimum absolute atomic E-state index is 0.832. The summed E-state index contributed by atoms with van der Waals surface area (Å²) in [5, 5.41) is 4.61. The van der Waals surface area contributed by atoms with Crippen LogP contribution in [-0.2, 0) is 0 Å². The minimum Gasteiger partial charge on any atom is -0.361 e. The number of fused-ring (bicyclic) bond motifs is 1. The first-order valence-electron chi connectivity index (χ1n) is 6.83. The minimum atomic E-state index is 0.832. The lowest BCUT2D eigenvalue weighted by Crippen LogP contribution is -2.16. The molecule has 0 radical (unpaired) electrons. The summed E-state index contributed by atoms with van der Waals surface area (Å²) in [7, 11) is 0. The quantitative estimate of drug-likeness (QED) is 0.881. The largest absolute Gasteiger partial charge is 0.361 e. The van der Waals surface area contributed by atoms with Gasteiger partial charge in [0.1, 0.15) is 0 Å². The van der Waals surface area contributed by atoms with E-state index in [4.69, 9.17) is 0 Å². The highest BCUT2D eigenvalue weighted by molar-refractivity contribution is 7.22. The Morgan fingerprint density at radius 1 is 1.39 bits per heavy atom. The average Bonchev–Trinajstić information content (AvgIpc) is 2.92. The fraction of sp³-hybridized carbons (Fsp3) is 0.533. The molecule has 1 aliphatic rings. The maximum atomic E-state index is 4.67. The van der Waals surface area contributed by atoms with Crippen molar-refractivity contribution in [2.45, 2.75) is 33.1 Å². The zero-order valence-corrected chi connectivity index (χ0v) is 11.9. The first-order chi connectivity index (χ1) is 8.72. The van der Waals surface area contributed by atoms with Gasteiger partial charge in [-0.3, -0.25) is 0 Å². The van der Waals surface area contributed by atoms with E-state index in [2.05, 4.69) is 42.3 Å². The molecular formula is C15H20N2S. The fourth-order valence-corrected chi connectivity index (χ4v) is 3.71. The first-order valence-corrected chi connectivity index (χ1v) is 7.65. The number of hydrogen-bond donors (Lipinski definition) is 1. The van der Waals surface area contributed by atoms with Gasteiger partial charge in [-0.05, 0) is 42.9 Å². The van der Waals surface area contributed by atoms with E-state index in [1.54, 1.807) is 11.3 Å². The van der Waals surface area contributed by atoms with E-state index in [0.29, 0.717) is 0 Å². The van der Waals surface area contributed by atoms with E-state index < -0.39 is 0 Å². The van der Waals surface area contributed by atoms with Crippen LogP contribution in [-0.4, -0.2) is 11.5 Å². The highest BCUT2D eigenvalue weighted by Crippen LogP contribution is 2.32. The van der Waals surface area contributed by atoms with E-state index in [-0.39, 0.29) is 0 Å². The molecule has 2 aromatic rings. The molecule has 96 valence electrons. The predicted molar refractivity (Wildman–Crippen MR) is 79.4 cm³/mol. The van der Waals surface area contributed by atoms with Crippen LogP contribution < -0.4 is 5.32 Å². The van der Waals surface area contributed by atoms with E-state index >= 15 is 0 Å². The Balaban J connectivity index is 1.71. The third-order valence-electron chi connectivity index (χ3n) is 4.10. The molecule has 2 unspecified atom stereocenters. The standard InChI is InChI=1S/C15H20N2S/c1-10-6-7-14-13(8-10)17-15(18-14)16-9-12-5-3-4-11(12)2/h6-8,11-12H,3-5,9H2,1-2H3,(H,16,17). The summed E-state index contributed by atoms with van der Waals surface area (Å²) in [5.74, 6) is 1.70. The van der Waals surface area contributed by atoms with Gasteiger partial charge in [0.05, 0.1) is 10.2 Å². The van der Waals surface area contributed by atoms with E-state index in [1.807, 2.05) is 0 Å². The van der Waals surface area contributed by atoms with Crippen molar-refractivity contribution < 1.29 is 0 Å². The maximum Gasteiger partial charge on any atom is 0.183 e. The number of aromatic nitrogens is 1. The van der Waals surface area contributed by atoms with Gasteiger partial charge >= 0.3 is 0 Å². The molecule has 0 saturated heterocycles. The number of hydrogen-bond acceptors (Lipinski definition) is 3. The van der Waals surface area contributed by atoms with Crippen LogP contribution in [0.15, 0.2) is 18.2 Å². The zero-order chi connectivity index (χ0) is 12.5. The number of nitrogens with one attached hydrogen (secondary N) is 1. The molecule has 1 heterocycles. The Labute approximate surface area is 112 Å². The molecule has 1 fully saturated rings. The van der Waals surface area contributed by atoms with Crippen LogP contribution in [0.1, 0.15) is 31.7 Å². The molecule has 1 aromatic carbocycles. The predicted octanol–water partition coefficient (Wildman–Crippen LogP) is 4.45. The lowest BCUT2D eigenvalue weighted by Gasteiger charge is -2.14. The van der Waals surface area contributed by atoms with Gasteiger partial charge in [0.15, 0.2) is 5.13 Å². The molecule has 0 amide bonds. The normalized spacial score (nSPS) is 23.7. The lowest BCUT2D eigenvalue weighted by molar-refractivity contribution is 0.439. The van der Waals surface area contributed by atoms with Crippen LogP contribution in [0, 0.1) is 18.8 Å². The van der Waals surface area contributed by atoms with Crippen molar-refractivity contribution in [3.63, 3.8) is 0 Å². The van der Waals surface area contributed by atoms with Crippen LogP contribution in [0.2, 0.25) is 0 Å². The third kappa shape index (κ3) is 2.37. The summed E-state index contributed by atoms with van der Waals surface area (Å²) in [6.45, 7) is 5.58. The van der Waals surface area contributed by atoms with Crippen LogP contribution in [0.5, 0.6) is 0 Å². The Bertz CT molecular complexity index is 546. The van der Waals surface area contributed by atoms with Gasteiger partial charge in [0, 0.05) is 6.54 Å². The summed E-state index contributed by atoms with van der Waals surface area (Å²) in [5.41, 5.74) is 2.41. The topological polar surface area (TPSA) is 24.9 Å². The first kappa shape index (κ1) is 12.0. The van der Waals surface area contributed by atoms with Crippen molar-refractivity contribution >= 4 is 26.7 Å². The van der Waals surface area contributed by atoms with Crippen LogP contribution in [0.3, 0.4) is 0 Å². The molecule has 1 aromatic heterocycles. The Kier molecular flexibility index (Phi) is 3.25. The SMILES string of the molecule is Cc1ccc2sc(NCC3CCCC3C)nc2c1. The molecule has 2 atom stereocenters. The van der Waals surface area contributed by atoms with E-state index in [0.717, 1.165) is 29.0 Å². The Morgan fingerprint density at radius 3 is 3.06 bits per heavy atom. The van der Waals surface area contributed by atoms with Crippen LogP contribution in [0.25, 0.3) is 10.2 Å². The Hall–Kier alpha value is -1.09. The maximum absolute atomic E-state index is 4.67. The molecule has 3 heteroatoms. The van der Waals surface area contributed by atoms with Crippen molar-refractivity contribution in [1.82, 2.24) is 4.98 Å². The molecule has 3 rings (SSSR count). The summed E-state index contributed by atoms with van der Waals surface area (Å²) >= 11 is 1.77. The van der Waals surface area contributed by atoms with Crippen molar-refractivity contribution in [1.29, 1.82) is 0 Å². The second kappa shape index (κ2) is 4.88. The summed E-state index contributed by atoms with van der Waals surface area (Å²) < 4.78 is 1.28. The molecule has 1 saturated carbocycles. The molecule has 1 aliphatic carbocycles. The van der Waals surface area contributed by atoms with Crippen LogP contribution >= 0.6 is 11.3 Å². The van der Waals surface area contributed by atoms with E-state index in [1.165, 1.54) is 29.5 Å². The van der Waals surface area contributed by atoms with Crippen LogP contribution in [0.4, 0.5) is 5.13 Å². The second-order valence-corrected chi connectivity index (χ2v) is 6.57. The van der Waals surface area contributed by atoms with Gasteiger partial charge in [0.25, 0.3) is 0 Å². The highest BCUT2D eigenvalue weighted by atomic mass is 32.1. The molecule has 1 N–H and O–H groups in total. The average molecular weight is 260 g/mol. The lowest BCUT2D eigenvalue weighted by atomic mass is 9.98. The van der Waals surface area contributed by atoms with Gasteiger partial charge < -0.3 is 5.32 Å². The van der Waals surface area contributed by atoms with Crippen molar-refractivity contribution in [2.75, 3.05) is 11.9 Å². The Morgan fingerprint density at radius 2 is 2.28 bits per heavy atom. The summed E-state index contributed by atoms with van der Waals surface area (Å²) in [6.07, 6.45) is 4.16. The number of benzene rings is 1. The van der Waals surface area contributed by atoms with Gasteiger partial charge in [-0.15, -0.1) is 0 Å². The third-order valence-corrected chi connectivity index (χ3v) is 5.09. The fourth-order valence-electron chi connectivity index (χ4n) is 2.86. The van der Waals surface area contributed by atoms with Gasteiger partial charge in [-0.1, -0.05) is 37.2 Å². The van der Waals surface area contributed by atoms with E-state index in [9.17, 15) is 0 Å². The monoisotopic (exact) mass is 260 g/mol.